The molecule has 1 fully saturated rings. The number of rotatable bonds is 3. The van der Waals surface area contributed by atoms with E-state index in [2.05, 4.69) is 61.1 Å². The summed E-state index contributed by atoms with van der Waals surface area (Å²) >= 11 is 9.18. The normalized spacial score (nSPS) is 20.5. The number of hydrogen-bond donors (Lipinski definition) is 1. The first kappa shape index (κ1) is 11.8. The predicted octanol–water partition coefficient (Wildman–Crippen LogP) is 4.38. The smallest absolute Gasteiger partial charge is 0.0629 e. The maximum absolute atomic E-state index is 3.56. The molecule has 1 nitrogen and oxygen atoms in total. The van der Waals surface area contributed by atoms with Gasteiger partial charge >= 0.3 is 0 Å². The lowest BCUT2D eigenvalue weighted by atomic mass is 10.1. The second-order valence-electron chi connectivity index (χ2n) is 3.71. The fraction of sp³-hybridized carbons (Fsp3) is 0.455. The second-order valence-corrected chi connectivity index (χ2v) is 6.57. The number of benzene rings is 1. The first-order valence-corrected chi connectivity index (χ1v) is 7.77. The summed E-state index contributed by atoms with van der Waals surface area (Å²) in [6.07, 6.45) is 1.35. The van der Waals surface area contributed by atoms with E-state index >= 15 is 0 Å². The van der Waals surface area contributed by atoms with Gasteiger partial charge in [0, 0.05) is 15.5 Å². The van der Waals surface area contributed by atoms with E-state index < -0.39 is 0 Å². The molecule has 0 bridgehead atoms. The van der Waals surface area contributed by atoms with Gasteiger partial charge in [-0.05, 0) is 67.8 Å². The minimum absolute atomic E-state index is 0.828. The molecule has 1 aliphatic rings. The van der Waals surface area contributed by atoms with Gasteiger partial charge in [-0.1, -0.05) is 6.07 Å². The number of nitrogens with one attached hydrogen (secondary N) is 1. The number of halogens is 2. The first-order chi connectivity index (χ1) is 7.27. The predicted molar refractivity (Wildman–Crippen MR) is 75.8 cm³/mol. The average molecular weight is 351 g/mol. The van der Waals surface area contributed by atoms with Crippen LogP contribution in [0.4, 0.5) is 5.69 Å². The molecule has 0 radical (unpaired) electrons. The molecule has 1 atom stereocenters. The summed E-state index contributed by atoms with van der Waals surface area (Å²) in [5, 5.41) is 3.52. The Balaban J connectivity index is 1.97. The van der Waals surface area contributed by atoms with Crippen LogP contribution >= 0.6 is 43.6 Å². The van der Waals surface area contributed by atoms with E-state index in [9.17, 15) is 0 Å². The number of thioether (sulfide) groups is 1. The maximum Gasteiger partial charge on any atom is 0.0629 e. The highest BCUT2D eigenvalue weighted by molar-refractivity contribution is 9.11. The third kappa shape index (κ3) is 3.14. The molecule has 4 heteroatoms. The summed E-state index contributed by atoms with van der Waals surface area (Å²) in [5.74, 6) is 3.45. The Hall–Kier alpha value is 0.330. The largest absolute Gasteiger partial charge is 0.383 e. The van der Waals surface area contributed by atoms with Crippen LogP contribution < -0.4 is 5.32 Å². The maximum atomic E-state index is 3.56. The highest BCUT2D eigenvalue weighted by Gasteiger charge is 2.15. The molecule has 82 valence electrons. The van der Waals surface area contributed by atoms with Gasteiger partial charge in [0.1, 0.15) is 0 Å². The summed E-state index contributed by atoms with van der Waals surface area (Å²) in [6, 6.07) is 6.16. The molecule has 1 aromatic rings. The van der Waals surface area contributed by atoms with E-state index in [1.165, 1.54) is 23.6 Å². The highest BCUT2D eigenvalue weighted by Crippen LogP contribution is 2.31. The zero-order chi connectivity index (χ0) is 10.7. The molecular formula is C11H13Br2NS. The van der Waals surface area contributed by atoms with Crippen LogP contribution in [0.5, 0.6) is 0 Å². The van der Waals surface area contributed by atoms with Gasteiger partial charge in [0.25, 0.3) is 0 Å². The van der Waals surface area contributed by atoms with Crippen LogP contribution in [-0.2, 0) is 0 Å². The summed E-state index contributed by atoms with van der Waals surface area (Å²) in [7, 11) is 0. The molecule has 0 saturated carbocycles. The molecule has 0 aromatic heterocycles. The highest BCUT2D eigenvalue weighted by atomic mass is 79.9. The van der Waals surface area contributed by atoms with Crippen molar-refractivity contribution >= 4 is 49.3 Å². The molecule has 0 amide bonds. The Morgan fingerprint density at radius 3 is 2.67 bits per heavy atom. The fourth-order valence-corrected chi connectivity index (χ4v) is 4.22. The zero-order valence-corrected chi connectivity index (χ0v) is 12.3. The molecule has 0 aliphatic carbocycles. The van der Waals surface area contributed by atoms with Gasteiger partial charge in [0.05, 0.1) is 5.69 Å². The van der Waals surface area contributed by atoms with Crippen LogP contribution in [-0.4, -0.2) is 18.1 Å². The van der Waals surface area contributed by atoms with Crippen molar-refractivity contribution in [2.75, 3.05) is 23.4 Å². The van der Waals surface area contributed by atoms with Crippen molar-refractivity contribution in [3.8, 4) is 0 Å². The van der Waals surface area contributed by atoms with Gasteiger partial charge in [0.15, 0.2) is 0 Å². The monoisotopic (exact) mass is 349 g/mol. The van der Waals surface area contributed by atoms with Crippen LogP contribution in [0.15, 0.2) is 27.1 Å². The number of para-hydroxylation sites is 1. The second kappa shape index (κ2) is 5.60. The molecule has 0 spiro atoms. The van der Waals surface area contributed by atoms with Gasteiger partial charge < -0.3 is 5.32 Å². The fourth-order valence-electron chi connectivity index (χ4n) is 1.66. The lowest BCUT2D eigenvalue weighted by molar-refractivity contribution is 0.631. The molecular weight excluding hydrogens is 338 g/mol. The van der Waals surface area contributed by atoms with Gasteiger partial charge in [-0.15, -0.1) is 0 Å². The van der Waals surface area contributed by atoms with Gasteiger partial charge in [-0.3, -0.25) is 0 Å². The van der Waals surface area contributed by atoms with Crippen molar-refractivity contribution in [1.82, 2.24) is 0 Å². The number of anilines is 1. The topological polar surface area (TPSA) is 12.0 Å². The lowest BCUT2D eigenvalue weighted by Crippen LogP contribution is -2.13. The number of hydrogen-bond acceptors (Lipinski definition) is 2. The van der Waals surface area contributed by atoms with Crippen molar-refractivity contribution < 1.29 is 0 Å². The third-order valence-electron chi connectivity index (χ3n) is 2.55. The van der Waals surface area contributed by atoms with E-state index in [-0.39, 0.29) is 0 Å². The Morgan fingerprint density at radius 1 is 1.33 bits per heavy atom. The first-order valence-electron chi connectivity index (χ1n) is 5.03. The molecule has 2 rings (SSSR count). The van der Waals surface area contributed by atoms with E-state index in [1.54, 1.807) is 0 Å². The van der Waals surface area contributed by atoms with E-state index in [0.717, 1.165) is 21.4 Å². The standard InChI is InChI=1S/C11H13Br2NS/c12-9-2-1-3-10(13)11(9)14-6-8-4-5-15-7-8/h1-3,8,14H,4-7H2. The van der Waals surface area contributed by atoms with Crippen molar-refractivity contribution in [3.05, 3.63) is 27.1 Å². The van der Waals surface area contributed by atoms with Crippen molar-refractivity contribution in [1.29, 1.82) is 0 Å². The van der Waals surface area contributed by atoms with Gasteiger partial charge in [-0.25, -0.2) is 0 Å². The molecule has 1 saturated heterocycles. The van der Waals surface area contributed by atoms with E-state index in [4.69, 9.17) is 0 Å². The average Bonchev–Trinajstić information content (AvgIpc) is 2.70. The minimum Gasteiger partial charge on any atom is -0.383 e. The van der Waals surface area contributed by atoms with Gasteiger partial charge in [-0.2, -0.15) is 11.8 Å². The Kier molecular flexibility index (Phi) is 4.40. The molecule has 1 unspecified atom stereocenters. The Bertz CT molecular complexity index is 317. The van der Waals surface area contributed by atoms with Gasteiger partial charge in [0.2, 0.25) is 0 Å². The van der Waals surface area contributed by atoms with Crippen LogP contribution in [0.1, 0.15) is 6.42 Å². The van der Waals surface area contributed by atoms with Crippen LogP contribution in [0, 0.1) is 5.92 Å². The van der Waals surface area contributed by atoms with E-state index in [1.807, 2.05) is 6.07 Å². The third-order valence-corrected chi connectivity index (χ3v) is 5.11. The quantitative estimate of drug-likeness (QED) is 0.868. The van der Waals surface area contributed by atoms with Crippen molar-refractivity contribution in [2.45, 2.75) is 6.42 Å². The van der Waals surface area contributed by atoms with Crippen molar-refractivity contribution in [2.24, 2.45) is 5.92 Å². The summed E-state index contributed by atoms with van der Waals surface area (Å²) in [4.78, 5) is 0. The lowest BCUT2D eigenvalue weighted by Gasteiger charge is -2.14. The SMILES string of the molecule is Brc1cccc(Br)c1NCC1CCSC1. The van der Waals surface area contributed by atoms with Crippen LogP contribution in [0.2, 0.25) is 0 Å². The van der Waals surface area contributed by atoms with Crippen LogP contribution in [0.3, 0.4) is 0 Å². The molecule has 1 aliphatic heterocycles. The molecule has 1 aromatic carbocycles. The summed E-state index contributed by atoms with van der Waals surface area (Å²) in [6.45, 7) is 1.08. The molecule has 15 heavy (non-hydrogen) atoms. The van der Waals surface area contributed by atoms with Crippen LogP contribution in [0.25, 0.3) is 0 Å². The minimum atomic E-state index is 0.828. The summed E-state index contributed by atoms with van der Waals surface area (Å²) < 4.78 is 2.25. The Labute approximate surface area is 112 Å². The van der Waals surface area contributed by atoms with E-state index in [0.29, 0.717) is 0 Å². The Morgan fingerprint density at radius 2 is 2.07 bits per heavy atom. The summed E-state index contributed by atoms with van der Waals surface area (Å²) in [5.41, 5.74) is 1.18. The zero-order valence-electron chi connectivity index (χ0n) is 8.30. The molecule has 1 heterocycles. The van der Waals surface area contributed by atoms with Crippen molar-refractivity contribution in [3.63, 3.8) is 0 Å². The molecule has 1 N–H and O–H groups in total.